The number of hydrogen-bond donors (Lipinski definition) is 0. The van der Waals surface area contributed by atoms with Crippen LogP contribution in [-0.2, 0) is 36.4 Å². The number of pyridine rings is 2. The summed E-state index contributed by atoms with van der Waals surface area (Å²) >= 11 is 0. The number of furan rings is 1. The van der Waals surface area contributed by atoms with Gasteiger partial charge in [0.1, 0.15) is 17.3 Å². The quantitative estimate of drug-likeness (QED) is 0.165. The molecular weight excluding hydrogens is 913 g/mol. The van der Waals surface area contributed by atoms with Gasteiger partial charge in [0, 0.05) is 52.8 Å². The first-order valence-electron chi connectivity index (χ1n) is 21.5. The first-order valence-corrected chi connectivity index (χ1v) is 20.0. The van der Waals surface area contributed by atoms with Gasteiger partial charge in [-0.2, -0.15) is 5.26 Å². The largest absolute Gasteiger partial charge is 0.498 e. The first kappa shape index (κ1) is 38.3. The van der Waals surface area contributed by atoms with E-state index in [-0.39, 0.29) is 41.9 Å². The number of nitriles is 1. The Morgan fingerprint density at radius 3 is 1.83 bits per heavy atom. The van der Waals surface area contributed by atoms with E-state index < -0.39 is 6.85 Å². The molecule has 0 atom stereocenters. The van der Waals surface area contributed by atoms with E-state index in [1.54, 1.807) is 18.3 Å². The summed E-state index contributed by atoms with van der Waals surface area (Å²) in [6.07, 6.45) is 3.64. The van der Waals surface area contributed by atoms with Gasteiger partial charge in [-0.1, -0.05) is 135 Å². The molecule has 5 aromatic carbocycles. The Bertz CT molecular complexity index is 3090. The smallest absolute Gasteiger partial charge is 0.146 e. The number of aromatic nitrogens is 3. The molecule has 60 heavy (non-hydrogen) atoms. The average molecular weight is 966 g/mol. The van der Waals surface area contributed by atoms with Crippen LogP contribution in [0, 0.1) is 30.3 Å². The summed E-state index contributed by atoms with van der Waals surface area (Å²) in [4.78, 5) is 9.01. The van der Waals surface area contributed by atoms with Crippen LogP contribution in [0.25, 0.3) is 71.9 Å². The third-order valence-corrected chi connectivity index (χ3v) is 11.1. The molecular formula is C54H50IrN4O-2. The average Bonchev–Trinajstić information content (AvgIpc) is 3.78. The summed E-state index contributed by atoms with van der Waals surface area (Å²) < 4.78 is 34.1. The third-order valence-electron chi connectivity index (χ3n) is 11.1. The van der Waals surface area contributed by atoms with Crippen LogP contribution in [0.1, 0.15) is 94.2 Å². The van der Waals surface area contributed by atoms with E-state index in [1.807, 2.05) is 48.7 Å². The van der Waals surface area contributed by atoms with E-state index in [1.165, 1.54) is 11.6 Å². The van der Waals surface area contributed by atoms with Gasteiger partial charge in [-0.15, -0.1) is 53.6 Å². The summed E-state index contributed by atoms with van der Waals surface area (Å²) in [6, 6.07) is 44.6. The van der Waals surface area contributed by atoms with Gasteiger partial charge in [0.2, 0.25) is 0 Å². The Labute approximate surface area is 371 Å². The van der Waals surface area contributed by atoms with Crippen molar-refractivity contribution < 1.29 is 28.6 Å². The fourth-order valence-electron chi connectivity index (χ4n) is 7.63. The molecule has 9 aromatic rings. The van der Waals surface area contributed by atoms with E-state index in [0.29, 0.717) is 44.4 Å². The summed E-state index contributed by atoms with van der Waals surface area (Å²) in [6.45, 7) is 17.3. The maximum atomic E-state index is 10.6. The zero-order valence-corrected chi connectivity index (χ0v) is 38.0. The van der Waals surface area contributed by atoms with Gasteiger partial charge >= 0.3 is 0 Å². The van der Waals surface area contributed by atoms with Crippen molar-refractivity contribution >= 4 is 43.7 Å². The molecule has 1 radical (unpaired) electrons. The predicted molar refractivity (Wildman–Crippen MR) is 244 cm³/mol. The minimum Gasteiger partial charge on any atom is -0.498 e. The van der Waals surface area contributed by atoms with Crippen molar-refractivity contribution in [3.8, 4) is 34.3 Å². The number of nitrogens with zero attached hydrogens (tertiary/aromatic N) is 4. The standard InChI is InChI=1S/C39H34N3O.C15H16N.Ir/c1-23-11-15-29(31-10-8-9-19-41-31)36-34(23)30-16-12-24(22-40)35(37(30)43-36)42-32-20-25(38(2,3)4)13-17-27(32)28-18-14-26(21-33(28)42)39(5,6)7;1-15(2,3)13-9-10-14(16-11-13)12-7-5-4-6-8-12;/h8-14,16-21H,1-7H3;4-7,9-11H,1-3H3;/q2*-1;/i1D3;;. The molecule has 0 saturated carbocycles. The Kier molecular flexibility index (Phi) is 10.2. The Hall–Kier alpha value is -5.86. The molecule has 303 valence electrons. The van der Waals surface area contributed by atoms with Crippen molar-refractivity contribution in [2.45, 2.75) is 85.4 Å². The Morgan fingerprint density at radius 2 is 1.30 bits per heavy atom. The van der Waals surface area contributed by atoms with Crippen molar-refractivity contribution in [3.05, 3.63) is 162 Å². The molecule has 4 heterocycles. The molecule has 5 nitrogen and oxygen atoms in total. The van der Waals surface area contributed by atoms with Crippen LogP contribution in [-0.4, -0.2) is 14.5 Å². The van der Waals surface area contributed by atoms with Gasteiger partial charge in [-0.25, -0.2) is 0 Å². The fourth-order valence-corrected chi connectivity index (χ4v) is 7.63. The van der Waals surface area contributed by atoms with Crippen LogP contribution in [0.3, 0.4) is 0 Å². The van der Waals surface area contributed by atoms with E-state index >= 15 is 0 Å². The number of benzene rings is 5. The zero-order chi connectivity index (χ0) is 44.4. The third kappa shape index (κ3) is 7.81. The molecule has 0 aliphatic heterocycles. The molecule has 0 amide bonds. The monoisotopic (exact) mass is 966 g/mol. The minimum atomic E-state index is -2.42. The second kappa shape index (κ2) is 16.0. The second-order valence-electron chi connectivity index (χ2n) is 18.3. The number of fused-ring (bicyclic) bond motifs is 6. The van der Waals surface area contributed by atoms with Gasteiger partial charge in [0.05, 0.1) is 22.2 Å². The molecule has 0 aliphatic rings. The normalized spacial score (nSPS) is 13.0. The minimum absolute atomic E-state index is 0. The molecule has 0 N–H and O–H groups in total. The van der Waals surface area contributed by atoms with E-state index in [0.717, 1.165) is 44.2 Å². The molecule has 4 aromatic heterocycles. The maximum Gasteiger partial charge on any atom is 0.146 e. The van der Waals surface area contributed by atoms with Crippen LogP contribution in [0.15, 0.2) is 126 Å². The summed E-state index contributed by atoms with van der Waals surface area (Å²) in [5, 5.41) is 13.8. The fraction of sp³-hybridized carbons (Fsp3) is 0.241. The second-order valence-corrected chi connectivity index (χ2v) is 18.3. The number of rotatable bonds is 3. The number of aryl methyl sites for hydroxylation is 1. The van der Waals surface area contributed by atoms with Gasteiger partial charge < -0.3 is 19.0 Å². The SMILES string of the molecule is CC(C)(C)c1ccc(-c2[c-]cccc2)nc1.[2H]C([2H])([2H])c1c[c-]c(-c2ccccn2)c2oc3c(-n4c5cc(C(C)(C)C)ccc5c5ccc(C(C)(C)C)cc54)c(C#N)ccc3c12.[Ir]. The summed E-state index contributed by atoms with van der Waals surface area (Å²) in [5.41, 5.74) is 10.6. The topological polar surface area (TPSA) is 67.6 Å². The van der Waals surface area contributed by atoms with Gasteiger partial charge in [-0.3, -0.25) is 0 Å². The molecule has 0 saturated heterocycles. The first-order chi connectivity index (χ1) is 29.3. The summed E-state index contributed by atoms with van der Waals surface area (Å²) in [7, 11) is 0. The molecule has 0 fully saturated rings. The van der Waals surface area contributed by atoms with Crippen molar-refractivity contribution in [2.75, 3.05) is 0 Å². The van der Waals surface area contributed by atoms with Crippen LogP contribution in [0.4, 0.5) is 0 Å². The number of hydrogen-bond acceptors (Lipinski definition) is 4. The van der Waals surface area contributed by atoms with Gasteiger partial charge in [-0.05, 0) is 68.6 Å². The van der Waals surface area contributed by atoms with Crippen molar-refractivity contribution in [1.82, 2.24) is 14.5 Å². The van der Waals surface area contributed by atoms with Gasteiger partial charge in [0.15, 0.2) is 0 Å². The van der Waals surface area contributed by atoms with E-state index in [2.05, 4.69) is 144 Å². The molecule has 0 unspecified atom stereocenters. The van der Waals surface area contributed by atoms with Crippen LogP contribution < -0.4 is 0 Å². The van der Waals surface area contributed by atoms with E-state index in [9.17, 15) is 5.26 Å². The Balaban J connectivity index is 0.000000295. The molecule has 0 spiro atoms. The van der Waals surface area contributed by atoms with Crippen molar-refractivity contribution in [3.63, 3.8) is 0 Å². The predicted octanol–water partition coefficient (Wildman–Crippen LogP) is 14.2. The van der Waals surface area contributed by atoms with Gasteiger partial charge in [0.25, 0.3) is 0 Å². The molecule has 9 rings (SSSR count). The van der Waals surface area contributed by atoms with Crippen LogP contribution >= 0.6 is 0 Å². The Morgan fingerprint density at radius 1 is 0.667 bits per heavy atom. The molecule has 0 bridgehead atoms. The van der Waals surface area contributed by atoms with Crippen LogP contribution in [0.5, 0.6) is 0 Å². The maximum absolute atomic E-state index is 10.6. The molecule has 6 heteroatoms. The molecule has 0 aliphatic carbocycles. The van der Waals surface area contributed by atoms with Crippen LogP contribution in [0.2, 0.25) is 0 Å². The summed E-state index contributed by atoms with van der Waals surface area (Å²) in [5.74, 6) is 0. The van der Waals surface area contributed by atoms with E-state index in [4.69, 9.17) is 8.53 Å². The van der Waals surface area contributed by atoms with Crippen molar-refractivity contribution in [2.24, 2.45) is 0 Å². The zero-order valence-electron chi connectivity index (χ0n) is 38.6. The van der Waals surface area contributed by atoms with Crippen molar-refractivity contribution in [1.29, 1.82) is 5.26 Å².